The molecule has 5 nitrogen and oxygen atoms in total. The van der Waals surface area contributed by atoms with E-state index in [9.17, 15) is 0 Å². The van der Waals surface area contributed by atoms with E-state index < -0.39 is 0 Å². The SMILES string of the molecule is NC[C@H]1CC[C@H](Nc2nc(N)nc3c2CCCc2ccccc2-3)CC1. The number of nitrogens with one attached hydrogen (secondary N) is 1. The van der Waals surface area contributed by atoms with Crippen LogP contribution in [-0.4, -0.2) is 22.6 Å². The molecule has 1 fully saturated rings. The molecule has 2 aliphatic rings. The van der Waals surface area contributed by atoms with Crippen molar-refractivity contribution in [2.24, 2.45) is 11.7 Å². The van der Waals surface area contributed by atoms with Crippen LogP contribution in [0.5, 0.6) is 0 Å². The zero-order chi connectivity index (χ0) is 17.2. The zero-order valence-electron chi connectivity index (χ0n) is 14.7. The van der Waals surface area contributed by atoms with Crippen molar-refractivity contribution in [3.05, 3.63) is 35.4 Å². The van der Waals surface area contributed by atoms with Crippen molar-refractivity contribution in [2.45, 2.75) is 51.0 Å². The van der Waals surface area contributed by atoms with Crippen molar-refractivity contribution in [1.82, 2.24) is 9.97 Å². The van der Waals surface area contributed by atoms with Gasteiger partial charge in [0.1, 0.15) is 5.82 Å². The number of nitrogens with two attached hydrogens (primary N) is 2. The summed E-state index contributed by atoms with van der Waals surface area (Å²) in [5, 5.41) is 3.68. The maximum absolute atomic E-state index is 6.06. The van der Waals surface area contributed by atoms with E-state index >= 15 is 0 Å². The van der Waals surface area contributed by atoms with E-state index in [4.69, 9.17) is 11.5 Å². The van der Waals surface area contributed by atoms with Crippen LogP contribution in [0.25, 0.3) is 11.3 Å². The van der Waals surface area contributed by atoms with Crippen molar-refractivity contribution >= 4 is 11.8 Å². The van der Waals surface area contributed by atoms with Crippen molar-refractivity contribution in [2.75, 3.05) is 17.6 Å². The van der Waals surface area contributed by atoms with Crippen molar-refractivity contribution in [3.8, 4) is 11.3 Å². The van der Waals surface area contributed by atoms with Crippen LogP contribution in [0.4, 0.5) is 11.8 Å². The summed E-state index contributed by atoms with van der Waals surface area (Å²) in [6, 6.07) is 8.99. The highest BCUT2D eigenvalue weighted by atomic mass is 15.1. The Hall–Kier alpha value is -2.14. The average molecular weight is 337 g/mol. The maximum atomic E-state index is 6.06. The molecule has 1 heterocycles. The second-order valence-electron chi connectivity index (χ2n) is 7.37. The Bertz CT molecular complexity index is 750. The van der Waals surface area contributed by atoms with Gasteiger partial charge in [0.05, 0.1) is 5.69 Å². The minimum atomic E-state index is 0.355. The number of nitrogens with zero attached hydrogens (tertiary/aromatic N) is 2. The van der Waals surface area contributed by atoms with Crippen LogP contribution in [0.2, 0.25) is 0 Å². The van der Waals surface area contributed by atoms with Gasteiger partial charge in [-0.15, -0.1) is 0 Å². The first-order valence-corrected chi connectivity index (χ1v) is 9.46. The summed E-state index contributed by atoms with van der Waals surface area (Å²) in [6.45, 7) is 0.805. The minimum Gasteiger partial charge on any atom is -0.368 e. The molecule has 0 aliphatic heterocycles. The van der Waals surface area contributed by atoms with E-state index in [0.29, 0.717) is 17.9 Å². The summed E-state index contributed by atoms with van der Waals surface area (Å²) in [5.41, 5.74) is 16.7. The van der Waals surface area contributed by atoms with Crippen LogP contribution in [0.15, 0.2) is 24.3 Å². The molecule has 0 spiro atoms. The van der Waals surface area contributed by atoms with Gasteiger partial charge in [-0.2, -0.15) is 4.98 Å². The first-order valence-electron chi connectivity index (χ1n) is 9.46. The Balaban J connectivity index is 1.66. The van der Waals surface area contributed by atoms with Gasteiger partial charge in [0.15, 0.2) is 0 Å². The Kier molecular flexibility index (Phi) is 4.57. The number of anilines is 2. The molecule has 1 aromatic heterocycles. The van der Waals surface area contributed by atoms with Crippen LogP contribution >= 0.6 is 0 Å². The summed E-state index contributed by atoms with van der Waals surface area (Å²) in [7, 11) is 0. The third kappa shape index (κ3) is 3.33. The van der Waals surface area contributed by atoms with E-state index in [1.165, 1.54) is 29.5 Å². The first-order chi connectivity index (χ1) is 12.2. The molecule has 0 saturated heterocycles. The van der Waals surface area contributed by atoms with Crippen molar-refractivity contribution in [3.63, 3.8) is 0 Å². The number of hydrogen-bond acceptors (Lipinski definition) is 5. The zero-order valence-corrected chi connectivity index (χ0v) is 14.7. The Morgan fingerprint density at radius 3 is 2.64 bits per heavy atom. The number of fused-ring (bicyclic) bond motifs is 3. The largest absolute Gasteiger partial charge is 0.368 e. The number of nitrogen functional groups attached to an aromatic ring is 1. The highest BCUT2D eigenvalue weighted by molar-refractivity contribution is 5.73. The van der Waals surface area contributed by atoms with Gasteiger partial charge in [-0.3, -0.25) is 0 Å². The van der Waals surface area contributed by atoms with E-state index in [1.54, 1.807) is 0 Å². The third-order valence-corrected chi connectivity index (χ3v) is 5.69. The molecule has 1 saturated carbocycles. The summed E-state index contributed by atoms with van der Waals surface area (Å²) >= 11 is 0. The second kappa shape index (κ2) is 7.00. The number of hydrogen-bond donors (Lipinski definition) is 3. The topological polar surface area (TPSA) is 89.8 Å². The average Bonchev–Trinajstić information content (AvgIpc) is 2.82. The molecule has 0 unspecified atom stereocenters. The maximum Gasteiger partial charge on any atom is 0.222 e. The molecule has 0 bridgehead atoms. The molecule has 1 aromatic carbocycles. The number of aryl methyl sites for hydroxylation is 1. The Labute approximate surface area is 149 Å². The third-order valence-electron chi connectivity index (χ3n) is 5.69. The standard InChI is InChI=1S/C20H27N5/c21-12-13-8-10-15(11-9-13)23-19-17-7-3-5-14-4-1-2-6-16(14)18(17)24-20(22)25-19/h1-2,4,6,13,15H,3,5,7-12,21H2,(H3,22,23,24,25)/t13-,15-. The molecule has 0 amide bonds. The fourth-order valence-electron chi connectivity index (χ4n) is 4.24. The summed E-state index contributed by atoms with van der Waals surface area (Å²) in [5.74, 6) is 1.97. The van der Waals surface area contributed by atoms with Gasteiger partial charge in [0.2, 0.25) is 5.95 Å². The normalized spacial score (nSPS) is 22.6. The van der Waals surface area contributed by atoms with Crippen LogP contribution < -0.4 is 16.8 Å². The first kappa shape index (κ1) is 16.3. The van der Waals surface area contributed by atoms with E-state index in [2.05, 4.69) is 39.6 Å². The highest BCUT2D eigenvalue weighted by Gasteiger charge is 2.24. The molecule has 0 atom stereocenters. The molecule has 25 heavy (non-hydrogen) atoms. The quantitative estimate of drug-likeness (QED) is 0.800. The van der Waals surface area contributed by atoms with Crippen LogP contribution in [0.3, 0.4) is 0 Å². The predicted octanol–water partition coefficient (Wildman–Crippen LogP) is 3.14. The van der Waals surface area contributed by atoms with Crippen molar-refractivity contribution < 1.29 is 0 Å². The molecule has 2 aromatic rings. The molecule has 5 N–H and O–H groups in total. The summed E-state index contributed by atoms with van der Waals surface area (Å²) in [6.07, 6.45) is 7.87. The Morgan fingerprint density at radius 1 is 1.04 bits per heavy atom. The highest BCUT2D eigenvalue weighted by Crippen LogP contribution is 2.35. The second-order valence-corrected chi connectivity index (χ2v) is 7.37. The fraction of sp³-hybridized carbons (Fsp3) is 0.500. The van der Waals surface area contributed by atoms with Crippen LogP contribution in [0, 0.1) is 5.92 Å². The number of aromatic nitrogens is 2. The molecule has 4 rings (SSSR count). The fourth-order valence-corrected chi connectivity index (χ4v) is 4.24. The number of benzene rings is 1. The Morgan fingerprint density at radius 2 is 1.84 bits per heavy atom. The van der Waals surface area contributed by atoms with Gasteiger partial charge in [-0.25, -0.2) is 4.98 Å². The van der Waals surface area contributed by atoms with Crippen LogP contribution in [0.1, 0.15) is 43.2 Å². The molecular weight excluding hydrogens is 310 g/mol. The van der Waals surface area contributed by atoms with E-state index in [1.807, 2.05) is 0 Å². The lowest BCUT2D eigenvalue weighted by Gasteiger charge is -2.29. The van der Waals surface area contributed by atoms with Gasteiger partial charge in [0.25, 0.3) is 0 Å². The monoisotopic (exact) mass is 337 g/mol. The van der Waals surface area contributed by atoms with Gasteiger partial charge >= 0.3 is 0 Å². The molecule has 5 heteroatoms. The lowest BCUT2D eigenvalue weighted by atomic mass is 9.86. The van der Waals surface area contributed by atoms with E-state index in [0.717, 1.165) is 50.2 Å². The predicted molar refractivity (Wildman–Crippen MR) is 102 cm³/mol. The van der Waals surface area contributed by atoms with Crippen molar-refractivity contribution in [1.29, 1.82) is 0 Å². The lowest BCUT2D eigenvalue weighted by molar-refractivity contribution is 0.344. The smallest absolute Gasteiger partial charge is 0.222 e. The molecular formula is C20H27N5. The molecule has 0 radical (unpaired) electrons. The van der Waals surface area contributed by atoms with Gasteiger partial charge in [-0.05, 0) is 63.0 Å². The number of rotatable bonds is 3. The van der Waals surface area contributed by atoms with Gasteiger partial charge in [0, 0.05) is 17.2 Å². The van der Waals surface area contributed by atoms with E-state index in [-0.39, 0.29) is 0 Å². The van der Waals surface area contributed by atoms with Gasteiger partial charge in [-0.1, -0.05) is 24.3 Å². The molecule has 2 aliphatic carbocycles. The summed E-state index contributed by atoms with van der Waals surface area (Å²) < 4.78 is 0. The lowest BCUT2D eigenvalue weighted by Crippen LogP contribution is -2.30. The van der Waals surface area contributed by atoms with Gasteiger partial charge < -0.3 is 16.8 Å². The molecule has 132 valence electrons. The van der Waals surface area contributed by atoms with Crippen LogP contribution in [-0.2, 0) is 12.8 Å². The minimum absolute atomic E-state index is 0.355. The summed E-state index contributed by atoms with van der Waals surface area (Å²) in [4.78, 5) is 9.17.